The van der Waals surface area contributed by atoms with Gasteiger partial charge in [-0.3, -0.25) is 14.2 Å². The largest absolute Gasteiger partial charge is 0.348 e. The summed E-state index contributed by atoms with van der Waals surface area (Å²) in [4.78, 5) is 12.3. The molecule has 1 atom stereocenters. The van der Waals surface area contributed by atoms with E-state index in [2.05, 4.69) is 15.5 Å². The summed E-state index contributed by atoms with van der Waals surface area (Å²) >= 11 is 0. The van der Waals surface area contributed by atoms with E-state index in [1.54, 1.807) is 4.68 Å². The minimum atomic E-state index is 0.00269. The summed E-state index contributed by atoms with van der Waals surface area (Å²) in [5.74, 6) is 0.00269. The number of hydrogen-bond donors (Lipinski definition) is 1. The first kappa shape index (κ1) is 13.9. The highest BCUT2D eigenvalue weighted by atomic mass is 16.2. The second-order valence-electron chi connectivity index (χ2n) is 5.77. The van der Waals surface area contributed by atoms with Gasteiger partial charge in [0.25, 0.3) is 0 Å². The molecule has 1 N–H and O–H groups in total. The summed E-state index contributed by atoms with van der Waals surface area (Å²) in [6.45, 7) is 4.17. The summed E-state index contributed by atoms with van der Waals surface area (Å²) in [7, 11) is 1.96. The van der Waals surface area contributed by atoms with E-state index in [-0.39, 0.29) is 18.5 Å². The monoisotopic (exact) mass is 287 g/mol. The van der Waals surface area contributed by atoms with Crippen molar-refractivity contribution in [3.8, 4) is 0 Å². The van der Waals surface area contributed by atoms with Gasteiger partial charge in [0, 0.05) is 24.0 Å². The highest BCUT2D eigenvalue weighted by Crippen LogP contribution is 2.29. The molecule has 21 heavy (non-hydrogen) atoms. The smallest absolute Gasteiger partial charge is 0.242 e. The minimum Gasteiger partial charge on any atom is -0.348 e. The molecule has 0 aromatic carbocycles. The van der Waals surface area contributed by atoms with Crippen LogP contribution in [-0.4, -0.2) is 25.5 Å². The van der Waals surface area contributed by atoms with Crippen LogP contribution < -0.4 is 5.32 Å². The summed E-state index contributed by atoms with van der Waals surface area (Å²) in [5, 5.41) is 11.8. The fraction of sp³-hybridized carbons (Fsp3) is 0.533. The van der Waals surface area contributed by atoms with Gasteiger partial charge >= 0.3 is 0 Å². The quantitative estimate of drug-likeness (QED) is 0.928. The van der Waals surface area contributed by atoms with Crippen molar-refractivity contribution < 1.29 is 4.79 Å². The average Bonchev–Trinajstić information content (AvgIpc) is 2.94. The van der Waals surface area contributed by atoms with Gasteiger partial charge in [-0.25, -0.2) is 0 Å². The van der Waals surface area contributed by atoms with E-state index in [4.69, 9.17) is 0 Å². The van der Waals surface area contributed by atoms with Crippen LogP contribution in [0.5, 0.6) is 0 Å². The standard InChI is InChI=1S/C15H21N5O/c1-10-7-11(2)20(18-10)9-15(21)17-13-5-4-6-14-12(13)8-16-19(14)3/h7-8,13H,4-6,9H2,1-3H3,(H,17,21). The molecule has 2 aromatic heterocycles. The fourth-order valence-electron chi connectivity index (χ4n) is 3.07. The van der Waals surface area contributed by atoms with Crippen LogP contribution in [0.1, 0.15) is 41.5 Å². The zero-order valence-corrected chi connectivity index (χ0v) is 12.8. The van der Waals surface area contributed by atoms with Gasteiger partial charge in [-0.15, -0.1) is 0 Å². The van der Waals surface area contributed by atoms with E-state index in [9.17, 15) is 4.79 Å². The molecule has 3 rings (SSSR count). The Labute approximate surface area is 124 Å². The Morgan fingerprint density at radius 3 is 3.00 bits per heavy atom. The number of nitrogens with one attached hydrogen (secondary N) is 1. The Morgan fingerprint density at radius 2 is 2.29 bits per heavy atom. The molecule has 0 spiro atoms. The van der Waals surface area contributed by atoms with Gasteiger partial charge in [-0.05, 0) is 39.2 Å². The van der Waals surface area contributed by atoms with E-state index in [1.807, 2.05) is 37.8 Å². The van der Waals surface area contributed by atoms with Crippen molar-refractivity contribution in [2.75, 3.05) is 0 Å². The summed E-state index contributed by atoms with van der Waals surface area (Å²) < 4.78 is 3.66. The molecule has 0 fully saturated rings. The van der Waals surface area contributed by atoms with Crippen LogP contribution >= 0.6 is 0 Å². The topological polar surface area (TPSA) is 64.7 Å². The van der Waals surface area contributed by atoms with Gasteiger partial charge in [0.1, 0.15) is 6.54 Å². The Morgan fingerprint density at radius 1 is 1.48 bits per heavy atom. The number of aryl methyl sites for hydroxylation is 3. The first-order valence-corrected chi connectivity index (χ1v) is 7.36. The molecule has 112 valence electrons. The predicted octanol–water partition coefficient (Wildman–Crippen LogP) is 1.43. The number of hydrogen-bond acceptors (Lipinski definition) is 3. The highest BCUT2D eigenvalue weighted by Gasteiger charge is 2.24. The van der Waals surface area contributed by atoms with Crippen LogP contribution in [0.25, 0.3) is 0 Å². The first-order valence-electron chi connectivity index (χ1n) is 7.36. The van der Waals surface area contributed by atoms with E-state index in [0.717, 1.165) is 36.2 Å². The molecular formula is C15H21N5O. The number of amides is 1. The molecule has 0 bridgehead atoms. The third-order valence-electron chi connectivity index (χ3n) is 4.11. The Bertz CT molecular complexity index is 670. The van der Waals surface area contributed by atoms with Crippen LogP contribution in [0.15, 0.2) is 12.3 Å². The molecular weight excluding hydrogens is 266 g/mol. The molecule has 1 aliphatic rings. The van der Waals surface area contributed by atoms with Gasteiger partial charge in [-0.1, -0.05) is 0 Å². The molecule has 1 unspecified atom stereocenters. The minimum absolute atomic E-state index is 0.00269. The van der Waals surface area contributed by atoms with Crippen molar-refractivity contribution in [1.82, 2.24) is 24.9 Å². The van der Waals surface area contributed by atoms with Gasteiger partial charge in [0.05, 0.1) is 17.9 Å². The Balaban J connectivity index is 1.70. The lowest BCUT2D eigenvalue weighted by atomic mass is 9.93. The van der Waals surface area contributed by atoms with Crippen LogP contribution in [-0.2, 0) is 24.8 Å². The van der Waals surface area contributed by atoms with Gasteiger partial charge in [0.2, 0.25) is 5.91 Å². The molecule has 1 amide bonds. The van der Waals surface area contributed by atoms with E-state index < -0.39 is 0 Å². The molecule has 0 saturated heterocycles. The van der Waals surface area contributed by atoms with Crippen LogP contribution in [0, 0.1) is 13.8 Å². The average molecular weight is 287 g/mol. The van der Waals surface area contributed by atoms with Crippen molar-refractivity contribution in [3.63, 3.8) is 0 Å². The molecule has 2 heterocycles. The lowest BCUT2D eigenvalue weighted by Gasteiger charge is -2.23. The molecule has 0 radical (unpaired) electrons. The summed E-state index contributed by atoms with van der Waals surface area (Å²) in [6, 6.07) is 2.06. The van der Waals surface area contributed by atoms with Gasteiger partial charge in [-0.2, -0.15) is 10.2 Å². The van der Waals surface area contributed by atoms with Crippen molar-refractivity contribution >= 4 is 5.91 Å². The molecule has 0 saturated carbocycles. The molecule has 6 heteroatoms. The number of nitrogens with zero attached hydrogens (tertiary/aromatic N) is 4. The van der Waals surface area contributed by atoms with Gasteiger partial charge < -0.3 is 5.32 Å². The van der Waals surface area contributed by atoms with Crippen molar-refractivity contribution in [2.45, 2.75) is 45.7 Å². The lowest BCUT2D eigenvalue weighted by molar-refractivity contribution is -0.122. The molecule has 6 nitrogen and oxygen atoms in total. The zero-order chi connectivity index (χ0) is 15.0. The summed E-state index contributed by atoms with van der Waals surface area (Å²) in [6.07, 6.45) is 4.97. The van der Waals surface area contributed by atoms with Crippen molar-refractivity contribution in [3.05, 3.63) is 34.9 Å². The number of fused-ring (bicyclic) bond motifs is 1. The van der Waals surface area contributed by atoms with Gasteiger partial charge in [0.15, 0.2) is 0 Å². The third kappa shape index (κ3) is 2.70. The summed E-state index contributed by atoms with van der Waals surface area (Å²) in [5.41, 5.74) is 4.34. The molecule has 1 aliphatic carbocycles. The second-order valence-corrected chi connectivity index (χ2v) is 5.77. The number of carbonyl (C=O) groups is 1. The SMILES string of the molecule is Cc1cc(C)n(CC(=O)NC2CCCc3c2cnn3C)n1. The Hall–Kier alpha value is -2.11. The maximum atomic E-state index is 12.3. The fourth-order valence-corrected chi connectivity index (χ4v) is 3.07. The highest BCUT2D eigenvalue weighted by molar-refractivity contribution is 5.76. The number of rotatable bonds is 3. The lowest BCUT2D eigenvalue weighted by Crippen LogP contribution is -2.33. The van der Waals surface area contributed by atoms with Crippen molar-refractivity contribution in [2.24, 2.45) is 7.05 Å². The maximum absolute atomic E-state index is 12.3. The third-order valence-corrected chi connectivity index (χ3v) is 4.11. The maximum Gasteiger partial charge on any atom is 0.242 e. The number of aromatic nitrogens is 4. The first-order chi connectivity index (χ1) is 10.0. The molecule has 0 aliphatic heterocycles. The van der Waals surface area contributed by atoms with E-state index >= 15 is 0 Å². The van der Waals surface area contributed by atoms with Crippen LogP contribution in [0.4, 0.5) is 0 Å². The molecule has 2 aromatic rings. The van der Waals surface area contributed by atoms with Crippen molar-refractivity contribution in [1.29, 1.82) is 0 Å². The van der Waals surface area contributed by atoms with Crippen LogP contribution in [0.2, 0.25) is 0 Å². The second kappa shape index (κ2) is 5.35. The van der Waals surface area contributed by atoms with E-state index in [1.165, 1.54) is 5.69 Å². The van der Waals surface area contributed by atoms with E-state index in [0.29, 0.717) is 0 Å². The van der Waals surface area contributed by atoms with Crippen LogP contribution in [0.3, 0.4) is 0 Å². The predicted molar refractivity (Wildman–Crippen MR) is 78.7 cm³/mol. The normalized spacial score (nSPS) is 17.6. The zero-order valence-electron chi connectivity index (χ0n) is 12.8. The Kier molecular flexibility index (Phi) is 3.53. The number of carbonyl (C=O) groups excluding carboxylic acids is 1.